The third kappa shape index (κ3) is 7.11. The fourth-order valence-corrected chi connectivity index (χ4v) is 4.98. The van der Waals surface area contributed by atoms with Gasteiger partial charge in [-0.2, -0.15) is 4.98 Å². The van der Waals surface area contributed by atoms with Gasteiger partial charge >= 0.3 is 6.01 Å². The average Bonchev–Trinajstić information content (AvgIpc) is 3.61. The highest BCUT2D eigenvalue weighted by Crippen LogP contribution is 2.32. The van der Waals surface area contributed by atoms with Crippen LogP contribution in [0.15, 0.2) is 34.9 Å². The van der Waals surface area contributed by atoms with Gasteiger partial charge in [-0.1, -0.05) is 37.2 Å². The van der Waals surface area contributed by atoms with Gasteiger partial charge in [0, 0.05) is 38.0 Å². The molecule has 2 atom stereocenters. The number of carbonyl (C=O) groups is 1. The van der Waals surface area contributed by atoms with Crippen LogP contribution < -0.4 is 15.1 Å². The van der Waals surface area contributed by atoms with Gasteiger partial charge < -0.3 is 24.3 Å². The number of carbonyl (C=O) groups excluding carboxylic acids is 1. The normalized spacial score (nSPS) is 19.8. The standard InChI is InChI=1S/C28H41N5O4/c1-4-32(28-29-26(20(2)3)31-37-28)16-5-6-18-36-25-13-11-22(12-14-25)21-7-9-23(10-8-21)27(34)33-17-15-24(19-33)30-35/h7,11-14,20,23-24,30,35H,4-6,8-10,15-19H2,1-3H3. The molecule has 1 aromatic heterocycles. The SMILES string of the molecule is CCN(CCCCOc1ccc(C2=CCC(C(=O)N3CCC(NO)C3)CC2)cc1)c1nc(C(C)C)no1. The van der Waals surface area contributed by atoms with E-state index in [4.69, 9.17) is 14.5 Å². The van der Waals surface area contributed by atoms with Crippen molar-refractivity contribution in [2.45, 2.75) is 71.3 Å². The quantitative estimate of drug-likeness (QED) is 0.314. The van der Waals surface area contributed by atoms with Gasteiger partial charge in [0.25, 0.3) is 0 Å². The molecule has 1 fully saturated rings. The van der Waals surface area contributed by atoms with Crippen molar-refractivity contribution in [2.24, 2.45) is 5.92 Å². The number of hydrogen-bond donors (Lipinski definition) is 2. The van der Waals surface area contributed by atoms with Gasteiger partial charge in [0.1, 0.15) is 5.75 Å². The molecular formula is C28H41N5O4. The Morgan fingerprint density at radius 1 is 1.27 bits per heavy atom. The Hall–Kier alpha value is -2.91. The molecule has 37 heavy (non-hydrogen) atoms. The first-order chi connectivity index (χ1) is 18.0. The summed E-state index contributed by atoms with van der Waals surface area (Å²) < 4.78 is 11.4. The molecule has 2 aliphatic rings. The number of nitrogens with one attached hydrogen (secondary N) is 1. The van der Waals surface area contributed by atoms with Crippen molar-refractivity contribution in [1.82, 2.24) is 20.5 Å². The molecule has 0 radical (unpaired) electrons. The van der Waals surface area contributed by atoms with E-state index in [1.807, 2.05) is 17.0 Å². The molecule has 1 saturated heterocycles. The minimum atomic E-state index is 0.0000776. The van der Waals surface area contributed by atoms with Crippen LogP contribution in [-0.2, 0) is 4.79 Å². The van der Waals surface area contributed by atoms with Crippen molar-refractivity contribution in [3.63, 3.8) is 0 Å². The fourth-order valence-electron chi connectivity index (χ4n) is 4.98. The molecule has 1 aliphatic carbocycles. The summed E-state index contributed by atoms with van der Waals surface area (Å²) >= 11 is 0. The molecule has 0 bridgehead atoms. The topological polar surface area (TPSA) is 104 Å². The fraction of sp³-hybridized carbons (Fsp3) is 0.607. The number of nitrogens with zero attached hydrogens (tertiary/aromatic N) is 4. The molecule has 1 amide bonds. The van der Waals surface area contributed by atoms with Crippen LogP contribution in [-0.4, -0.2) is 65.0 Å². The lowest BCUT2D eigenvalue weighted by Gasteiger charge is -2.26. The maximum absolute atomic E-state index is 12.8. The van der Waals surface area contributed by atoms with Crippen LogP contribution in [0.5, 0.6) is 5.75 Å². The number of hydroxylamine groups is 1. The first-order valence-corrected chi connectivity index (χ1v) is 13.7. The number of allylic oxidation sites excluding steroid dienone is 2. The summed E-state index contributed by atoms with van der Waals surface area (Å²) in [5.41, 5.74) is 4.79. The van der Waals surface area contributed by atoms with Crippen molar-refractivity contribution in [3.8, 4) is 5.75 Å². The minimum absolute atomic E-state index is 0.0000776. The Bertz CT molecular complexity index is 1040. The summed E-state index contributed by atoms with van der Waals surface area (Å²) in [5.74, 6) is 2.14. The van der Waals surface area contributed by atoms with Gasteiger partial charge in [0.05, 0.1) is 12.6 Å². The van der Waals surface area contributed by atoms with E-state index in [0.717, 1.165) is 69.7 Å². The van der Waals surface area contributed by atoms with Crippen LogP contribution in [0, 0.1) is 5.92 Å². The third-order valence-corrected chi connectivity index (χ3v) is 7.36. The molecule has 2 unspecified atom stereocenters. The molecule has 9 nitrogen and oxygen atoms in total. The second-order valence-corrected chi connectivity index (χ2v) is 10.3. The summed E-state index contributed by atoms with van der Waals surface area (Å²) in [5, 5.41) is 13.2. The lowest BCUT2D eigenvalue weighted by Crippen LogP contribution is -2.37. The van der Waals surface area contributed by atoms with E-state index in [9.17, 15) is 4.79 Å². The maximum atomic E-state index is 12.8. The number of amides is 1. The van der Waals surface area contributed by atoms with E-state index in [-0.39, 0.29) is 23.8 Å². The molecule has 202 valence electrons. The first kappa shape index (κ1) is 27.1. The molecular weight excluding hydrogens is 470 g/mol. The van der Waals surface area contributed by atoms with Crippen molar-refractivity contribution >= 4 is 17.5 Å². The monoisotopic (exact) mass is 511 g/mol. The molecule has 9 heteroatoms. The lowest BCUT2D eigenvalue weighted by molar-refractivity contribution is -0.134. The zero-order valence-electron chi connectivity index (χ0n) is 22.4. The number of hydrogen-bond acceptors (Lipinski definition) is 8. The number of rotatable bonds is 12. The first-order valence-electron chi connectivity index (χ1n) is 13.7. The summed E-state index contributed by atoms with van der Waals surface area (Å²) in [6.07, 6.45) is 7.49. The van der Waals surface area contributed by atoms with Crippen LogP contribution >= 0.6 is 0 Å². The smallest absolute Gasteiger partial charge is 0.324 e. The van der Waals surface area contributed by atoms with Crippen LogP contribution in [0.25, 0.3) is 5.57 Å². The Morgan fingerprint density at radius 3 is 2.70 bits per heavy atom. The summed E-state index contributed by atoms with van der Waals surface area (Å²) in [4.78, 5) is 21.3. The van der Waals surface area contributed by atoms with Crippen LogP contribution in [0.3, 0.4) is 0 Å². The van der Waals surface area contributed by atoms with Gasteiger partial charge in [-0.15, -0.1) is 0 Å². The summed E-state index contributed by atoms with van der Waals surface area (Å²) in [7, 11) is 0. The number of ether oxygens (including phenoxy) is 1. The minimum Gasteiger partial charge on any atom is -0.494 e. The van der Waals surface area contributed by atoms with Crippen LogP contribution in [0.1, 0.15) is 76.6 Å². The lowest BCUT2D eigenvalue weighted by atomic mass is 9.86. The predicted octanol–water partition coefficient (Wildman–Crippen LogP) is 4.64. The van der Waals surface area contributed by atoms with E-state index in [0.29, 0.717) is 19.2 Å². The summed E-state index contributed by atoms with van der Waals surface area (Å²) in [6.45, 7) is 9.87. The van der Waals surface area contributed by atoms with Crippen molar-refractivity contribution in [1.29, 1.82) is 0 Å². The van der Waals surface area contributed by atoms with E-state index in [2.05, 4.69) is 59.5 Å². The van der Waals surface area contributed by atoms with Gasteiger partial charge in [0.15, 0.2) is 5.82 Å². The maximum Gasteiger partial charge on any atom is 0.324 e. The van der Waals surface area contributed by atoms with E-state index in [1.165, 1.54) is 11.1 Å². The third-order valence-electron chi connectivity index (χ3n) is 7.36. The van der Waals surface area contributed by atoms with Gasteiger partial charge in [-0.3, -0.25) is 4.79 Å². The van der Waals surface area contributed by atoms with Crippen molar-refractivity contribution in [3.05, 3.63) is 41.7 Å². The van der Waals surface area contributed by atoms with E-state index < -0.39 is 0 Å². The Labute approximate surface area is 219 Å². The van der Waals surface area contributed by atoms with E-state index in [1.54, 1.807) is 0 Å². The van der Waals surface area contributed by atoms with Crippen LogP contribution in [0.2, 0.25) is 0 Å². The van der Waals surface area contributed by atoms with Crippen molar-refractivity contribution in [2.75, 3.05) is 37.7 Å². The molecule has 2 heterocycles. The number of likely N-dealkylation sites (tertiary alicyclic amines) is 1. The number of benzene rings is 1. The molecule has 1 aliphatic heterocycles. The zero-order chi connectivity index (χ0) is 26.2. The number of unbranched alkanes of at least 4 members (excludes halogenated alkanes) is 1. The Morgan fingerprint density at radius 2 is 2.08 bits per heavy atom. The highest BCUT2D eigenvalue weighted by atomic mass is 16.5. The second-order valence-electron chi connectivity index (χ2n) is 10.3. The number of aromatic nitrogens is 2. The zero-order valence-corrected chi connectivity index (χ0v) is 22.4. The van der Waals surface area contributed by atoms with Crippen molar-refractivity contribution < 1.29 is 19.3 Å². The van der Waals surface area contributed by atoms with Gasteiger partial charge in [-0.05, 0) is 68.7 Å². The Balaban J connectivity index is 1.18. The highest BCUT2D eigenvalue weighted by molar-refractivity contribution is 5.81. The highest BCUT2D eigenvalue weighted by Gasteiger charge is 2.31. The van der Waals surface area contributed by atoms with Crippen LogP contribution in [0.4, 0.5) is 6.01 Å². The number of anilines is 1. The predicted molar refractivity (Wildman–Crippen MR) is 143 cm³/mol. The molecule has 4 rings (SSSR count). The molecule has 0 saturated carbocycles. The summed E-state index contributed by atoms with van der Waals surface area (Å²) in [6, 6.07) is 8.89. The van der Waals surface area contributed by atoms with E-state index >= 15 is 0 Å². The molecule has 2 N–H and O–H groups in total. The van der Waals surface area contributed by atoms with Gasteiger partial charge in [0.2, 0.25) is 5.91 Å². The second kappa shape index (κ2) is 13.1. The largest absolute Gasteiger partial charge is 0.494 e. The molecule has 2 aromatic rings. The molecule has 1 aromatic carbocycles. The Kier molecular flexibility index (Phi) is 9.57. The van der Waals surface area contributed by atoms with Gasteiger partial charge in [-0.25, -0.2) is 5.48 Å². The average molecular weight is 512 g/mol. The molecule has 0 spiro atoms.